The van der Waals surface area contributed by atoms with E-state index in [0.717, 1.165) is 0 Å². The lowest BCUT2D eigenvalue weighted by atomic mass is 10.3. The summed E-state index contributed by atoms with van der Waals surface area (Å²) in [7, 11) is -2.69. The first-order chi connectivity index (χ1) is 6.57. The third kappa shape index (κ3) is 3.20. The molecule has 0 fully saturated rings. The van der Waals surface area contributed by atoms with Gasteiger partial charge in [0.15, 0.2) is 0 Å². The quantitative estimate of drug-likeness (QED) is 0.816. The molecular weight excluding hydrogens is 230 g/mol. The molecule has 78 valence electrons. The predicted octanol–water partition coefficient (Wildman–Crippen LogP) is 2.34. The summed E-state index contributed by atoms with van der Waals surface area (Å²) in [5.74, 6) is 0.772. The Morgan fingerprint density at radius 1 is 1.29 bits per heavy atom. The van der Waals surface area contributed by atoms with Crippen LogP contribution in [0, 0.1) is 0 Å². The Morgan fingerprint density at radius 2 is 1.79 bits per heavy atom. The molecule has 0 aromatic heterocycles. The van der Waals surface area contributed by atoms with E-state index >= 15 is 0 Å². The number of methoxy groups -OCH3 is 1. The van der Waals surface area contributed by atoms with Gasteiger partial charge in [-0.1, -0.05) is 0 Å². The minimum atomic E-state index is -4.19. The highest BCUT2D eigenvalue weighted by atomic mass is 35.5. The largest absolute Gasteiger partial charge is 0.544 e. The first kappa shape index (κ1) is 11.3. The van der Waals surface area contributed by atoms with Crippen LogP contribution in [0.2, 0.25) is 0 Å². The van der Waals surface area contributed by atoms with Gasteiger partial charge in [-0.3, -0.25) is 4.89 Å². The molecule has 0 amide bonds. The van der Waals surface area contributed by atoms with Crippen molar-refractivity contribution in [1.29, 1.82) is 0 Å². The standard InChI is InChI=1S/C7H8ClO5P/c1-11-6-2-4-7(5-3-6)12-14(9,10)13-8/h2-5H,1H3,(H,9,10). The van der Waals surface area contributed by atoms with Crippen molar-refractivity contribution in [3.8, 4) is 11.5 Å². The summed E-state index contributed by atoms with van der Waals surface area (Å²) in [6.45, 7) is 0. The molecule has 0 bridgehead atoms. The van der Waals surface area contributed by atoms with Crippen LogP contribution in [0.25, 0.3) is 0 Å². The van der Waals surface area contributed by atoms with Crippen molar-refractivity contribution in [3.63, 3.8) is 0 Å². The number of ether oxygens (including phenoxy) is 1. The molecular formula is C7H8ClO5P. The summed E-state index contributed by atoms with van der Waals surface area (Å²) >= 11 is 4.74. The van der Waals surface area contributed by atoms with E-state index < -0.39 is 7.82 Å². The fraction of sp³-hybridized carbons (Fsp3) is 0.143. The molecule has 1 aromatic carbocycles. The highest BCUT2D eigenvalue weighted by Gasteiger charge is 2.22. The third-order valence-corrected chi connectivity index (χ3v) is 2.51. The SMILES string of the molecule is COc1ccc(OP(=O)(O)OCl)cc1. The molecule has 0 aliphatic carbocycles. The van der Waals surface area contributed by atoms with Crippen LogP contribution < -0.4 is 9.26 Å². The monoisotopic (exact) mass is 238 g/mol. The molecule has 0 saturated carbocycles. The van der Waals surface area contributed by atoms with Gasteiger partial charge in [-0.2, -0.15) is 4.08 Å². The molecule has 1 N–H and O–H groups in total. The number of phosphoric ester groups is 1. The highest BCUT2D eigenvalue weighted by molar-refractivity contribution is 7.48. The van der Waals surface area contributed by atoms with E-state index in [1.165, 1.54) is 19.2 Å². The maximum absolute atomic E-state index is 10.9. The maximum Gasteiger partial charge on any atom is 0.544 e. The number of rotatable bonds is 4. The molecule has 1 aromatic rings. The topological polar surface area (TPSA) is 65.0 Å². The summed E-state index contributed by atoms with van der Waals surface area (Å²) in [4.78, 5) is 8.85. The number of hydrogen-bond donors (Lipinski definition) is 1. The molecule has 0 aliphatic rings. The van der Waals surface area contributed by atoms with Gasteiger partial charge in [0, 0.05) is 0 Å². The molecule has 1 unspecified atom stereocenters. The fourth-order valence-electron chi connectivity index (χ4n) is 0.784. The molecule has 5 nitrogen and oxygen atoms in total. The van der Waals surface area contributed by atoms with Crippen LogP contribution in [0.15, 0.2) is 24.3 Å². The van der Waals surface area contributed by atoms with Crippen molar-refractivity contribution >= 4 is 19.7 Å². The minimum absolute atomic E-state index is 0.164. The van der Waals surface area contributed by atoms with Crippen molar-refractivity contribution in [2.24, 2.45) is 0 Å². The fourth-order valence-corrected chi connectivity index (χ4v) is 1.28. The van der Waals surface area contributed by atoms with Crippen LogP contribution >= 0.6 is 19.7 Å². The summed E-state index contributed by atoms with van der Waals surface area (Å²) in [6.07, 6.45) is 0. The molecule has 7 heteroatoms. The molecule has 0 spiro atoms. The number of hydrogen-bond acceptors (Lipinski definition) is 4. The molecule has 14 heavy (non-hydrogen) atoms. The van der Waals surface area contributed by atoms with Gasteiger partial charge in [-0.15, -0.1) is 0 Å². The van der Waals surface area contributed by atoms with E-state index in [0.29, 0.717) is 5.75 Å². The van der Waals surface area contributed by atoms with Crippen LogP contribution in [0.4, 0.5) is 0 Å². The Balaban J connectivity index is 2.74. The Kier molecular flexibility index (Phi) is 3.77. The lowest BCUT2D eigenvalue weighted by Crippen LogP contribution is -1.91. The zero-order chi connectivity index (χ0) is 10.6. The molecule has 1 atom stereocenters. The smallest absolute Gasteiger partial charge is 0.497 e. The Bertz CT molecular complexity index is 338. The lowest BCUT2D eigenvalue weighted by molar-refractivity contribution is 0.300. The lowest BCUT2D eigenvalue weighted by Gasteiger charge is -2.08. The number of halogens is 1. The van der Waals surface area contributed by atoms with E-state index in [-0.39, 0.29) is 5.75 Å². The van der Waals surface area contributed by atoms with Crippen LogP contribution in [-0.4, -0.2) is 12.0 Å². The van der Waals surface area contributed by atoms with Crippen molar-refractivity contribution in [2.45, 2.75) is 0 Å². The predicted molar refractivity (Wildman–Crippen MR) is 50.4 cm³/mol. The van der Waals surface area contributed by atoms with Crippen LogP contribution in [0.3, 0.4) is 0 Å². The van der Waals surface area contributed by atoms with Gasteiger partial charge in [0.1, 0.15) is 11.5 Å². The number of phosphoric acid groups is 1. The summed E-state index contributed by atoms with van der Waals surface area (Å²) < 4.78 is 24.0. The Morgan fingerprint density at radius 3 is 2.21 bits per heavy atom. The van der Waals surface area contributed by atoms with E-state index in [2.05, 4.69) is 8.60 Å². The second-order valence-corrected chi connectivity index (χ2v) is 3.98. The number of benzene rings is 1. The van der Waals surface area contributed by atoms with Gasteiger partial charge in [0.2, 0.25) is 0 Å². The van der Waals surface area contributed by atoms with Gasteiger partial charge in [-0.25, -0.2) is 4.57 Å². The third-order valence-electron chi connectivity index (χ3n) is 1.37. The maximum atomic E-state index is 10.9. The molecule has 1 rings (SSSR count). The van der Waals surface area contributed by atoms with E-state index in [9.17, 15) is 4.57 Å². The van der Waals surface area contributed by atoms with Gasteiger partial charge < -0.3 is 9.26 Å². The highest BCUT2D eigenvalue weighted by Crippen LogP contribution is 2.45. The normalized spacial score (nSPS) is 14.5. The van der Waals surface area contributed by atoms with Crippen molar-refractivity contribution in [3.05, 3.63) is 24.3 Å². The average molecular weight is 239 g/mol. The molecule has 0 heterocycles. The van der Waals surface area contributed by atoms with E-state index in [1.54, 1.807) is 12.1 Å². The first-order valence-electron chi connectivity index (χ1n) is 3.54. The van der Waals surface area contributed by atoms with Crippen LogP contribution in [-0.2, 0) is 8.64 Å². The van der Waals surface area contributed by atoms with E-state index in [4.69, 9.17) is 21.5 Å². The second-order valence-electron chi connectivity index (χ2n) is 2.30. The van der Waals surface area contributed by atoms with Gasteiger partial charge in [-0.05, 0) is 24.3 Å². The summed E-state index contributed by atoms with van der Waals surface area (Å²) in [5.41, 5.74) is 0. The van der Waals surface area contributed by atoms with Crippen molar-refractivity contribution in [2.75, 3.05) is 7.11 Å². The zero-order valence-corrected chi connectivity index (χ0v) is 8.87. The van der Waals surface area contributed by atoms with Crippen molar-refractivity contribution in [1.82, 2.24) is 0 Å². The Hall–Kier alpha value is -0.740. The van der Waals surface area contributed by atoms with Gasteiger partial charge in [0.05, 0.1) is 19.0 Å². The van der Waals surface area contributed by atoms with Crippen molar-refractivity contribution < 1.29 is 22.8 Å². The van der Waals surface area contributed by atoms with Crippen LogP contribution in [0.1, 0.15) is 0 Å². The Labute approximate surface area is 86.0 Å². The summed E-state index contributed by atoms with van der Waals surface area (Å²) in [5, 5.41) is 0. The zero-order valence-electron chi connectivity index (χ0n) is 7.21. The van der Waals surface area contributed by atoms with Gasteiger partial charge in [0.25, 0.3) is 0 Å². The first-order valence-corrected chi connectivity index (χ1v) is 5.34. The summed E-state index contributed by atoms with van der Waals surface area (Å²) in [6, 6.07) is 6.06. The average Bonchev–Trinajstić information content (AvgIpc) is 2.19. The van der Waals surface area contributed by atoms with E-state index in [1.807, 2.05) is 0 Å². The molecule has 0 radical (unpaired) electrons. The second kappa shape index (κ2) is 4.66. The van der Waals surface area contributed by atoms with Crippen LogP contribution in [0.5, 0.6) is 11.5 Å². The minimum Gasteiger partial charge on any atom is -0.497 e. The molecule has 0 saturated heterocycles. The van der Waals surface area contributed by atoms with Gasteiger partial charge >= 0.3 is 7.82 Å². The molecule has 0 aliphatic heterocycles.